The molecule has 0 radical (unpaired) electrons. The van der Waals surface area contributed by atoms with Crippen molar-refractivity contribution in [2.75, 3.05) is 32.6 Å². The van der Waals surface area contributed by atoms with Gasteiger partial charge in [0.15, 0.2) is 0 Å². The minimum Gasteiger partial charge on any atom is -0.381 e. The summed E-state index contributed by atoms with van der Waals surface area (Å²) in [6, 6.07) is 12.4. The average molecular weight is 503 g/mol. The number of aromatic nitrogens is 3. The Morgan fingerprint density at radius 2 is 1.97 bits per heavy atom. The molecule has 6 rings (SSSR count). The normalized spacial score (nSPS) is 14.8. The van der Waals surface area contributed by atoms with Gasteiger partial charge in [0, 0.05) is 44.1 Å². The maximum Gasteiger partial charge on any atom is 0.254 e. The van der Waals surface area contributed by atoms with Crippen LogP contribution in [-0.2, 0) is 17.8 Å². The van der Waals surface area contributed by atoms with Crippen molar-refractivity contribution in [2.24, 2.45) is 0 Å². The lowest BCUT2D eigenvalue weighted by Crippen LogP contribution is -2.14. The maximum absolute atomic E-state index is 13.6. The Morgan fingerprint density at radius 1 is 1.14 bits per heavy atom. The van der Waals surface area contributed by atoms with Crippen molar-refractivity contribution < 1.29 is 13.9 Å². The molecule has 1 fully saturated rings. The fraction of sp³-hybridized carbons (Fsp3) is 0.321. The number of ether oxygens (including phenoxy) is 1. The zero-order valence-corrected chi connectivity index (χ0v) is 21.1. The van der Waals surface area contributed by atoms with E-state index in [2.05, 4.69) is 20.6 Å². The number of hydrogen-bond donors (Lipinski definition) is 2. The van der Waals surface area contributed by atoms with Gasteiger partial charge in [-0.25, -0.2) is 14.4 Å². The first kappa shape index (κ1) is 24.9. The quantitative estimate of drug-likeness (QED) is 0.409. The molecule has 2 aliphatic heterocycles. The number of pyridine rings is 2. The molecule has 0 atom stereocenters. The summed E-state index contributed by atoms with van der Waals surface area (Å²) in [5.41, 5.74) is 5.31. The highest BCUT2D eigenvalue weighted by molar-refractivity contribution is 6.06. The van der Waals surface area contributed by atoms with Crippen LogP contribution in [0.3, 0.4) is 0 Å². The number of benzene rings is 1. The molecule has 0 saturated carbocycles. The number of carbonyl (C=O) groups excluding carboxylic acids is 1. The molecule has 2 N–H and O–H groups in total. The summed E-state index contributed by atoms with van der Waals surface area (Å²) >= 11 is 0. The van der Waals surface area contributed by atoms with E-state index >= 15 is 0 Å². The summed E-state index contributed by atoms with van der Waals surface area (Å²) in [7, 11) is 3.98. The SMILES string of the molecule is C1CCOCC1.CN(C)Cc1cccc(Nc2ccc(-c3cnc4cc(F)ccn34)c3c2C(=O)NC3)n1. The largest absolute Gasteiger partial charge is 0.381 e. The molecule has 0 unspecified atom stereocenters. The van der Waals surface area contributed by atoms with E-state index in [1.165, 1.54) is 31.4 Å². The highest BCUT2D eigenvalue weighted by Gasteiger charge is 2.27. The number of carbonyl (C=O) groups is 1. The van der Waals surface area contributed by atoms with Crippen molar-refractivity contribution in [3.8, 4) is 11.3 Å². The molecule has 1 amide bonds. The predicted octanol–water partition coefficient (Wildman–Crippen LogP) is 4.77. The molecule has 4 aromatic rings. The molecule has 2 aliphatic rings. The van der Waals surface area contributed by atoms with E-state index in [0.29, 0.717) is 29.3 Å². The molecule has 192 valence electrons. The van der Waals surface area contributed by atoms with E-state index in [4.69, 9.17) is 4.74 Å². The Bertz CT molecular complexity index is 1400. The molecule has 0 spiro atoms. The van der Waals surface area contributed by atoms with Crippen molar-refractivity contribution in [2.45, 2.75) is 32.4 Å². The number of nitrogens with one attached hydrogen (secondary N) is 2. The average Bonchev–Trinajstić information content (AvgIpc) is 3.49. The number of halogens is 1. The first-order chi connectivity index (χ1) is 18.0. The fourth-order valence-electron chi connectivity index (χ4n) is 4.63. The molecular weight excluding hydrogens is 471 g/mol. The smallest absolute Gasteiger partial charge is 0.254 e. The number of anilines is 2. The van der Waals surface area contributed by atoms with E-state index in [1.54, 1.807) is 12.4 Å². The molecule has 5 heterocycles. The van der Waals surface area contributed by atoms with Crippen LogP contribution < -0.4 is 10.6 Å². The van der Waals surface area contributed by atoms with Crippen LogP contribution in [0.2, 0.25) is 0 Å². The Morgan fingerprint density at radius 3 is 2.70 bits per heavy atom. The molecule has 0 aliphatic carbocycles. The summed E-state index contributed by atoms with van der Waals surface area (Å²) in [5, 5.41) is 6.22. The van der Waals surface area contributed by atoms with E-state index in [-0.39, 0.29) is 11.7 Å². The third-order valence-electron chi connectivity index (χ3n) is 6.34. The van der Waals surface area contributed by atoms with Gasteiger partial charge in [-0.2, -0.15) is 0 Å². The molecule has 1 saturated heterocycles. The van der Waals surface area contributed by atoms with Gasteiger partial charge >= 0.3 is 0 Å². The Kier molecular flexibility index (Phi) is 7.43. The van der Waals surface area contributed by atoms with Crippen molar-refractivity contribution in [1.29, 1.82) is 0 Å². The first-order valence-electron chi connectivity index (χ1n) is 12.5. The van der Waals surface area contributed by atoms with Gasteiger partial charge in [-0.15, -0.1) is 0 Å². The zero-order chi connectivity index (χ0) is 25.8. The number of fused-ring (bicyclic) bond motifs is 2. The number of nitrogens with zero attached hydrogens (tertiary/aromatic N) is 4. The second kappa shape index (κ2) is 11.1. The molecule has 9 heteroatoms. The summed E-state index contributed by atoms with van der Waals surface area (Å²) < 4.78 is 20.4. The number of amides is 1. The standard InChI is InChI=1S/C23H21FN6O.C5H10O/c1-29(2)13-15-4-3-5-20(27-15)28-18-7-6-16(17-11-26-23(31)22(17)18)19-12-25-21-10-14(24)8-9-30(19)21;1-2-4-6-5-3-1/h3-10,12H,11,13H2,1-2H3,(H,26,31)(H,27,28);1-5H2. The van der Waals surface area contributed by atoms with Gasteiger partial charge in [0.25, 0.3) is 5.91 Å². The number of hydrogen-bond acceptors (Lipinski definition) is 6. The predicted molar refractivity (Wildman–Crippen MR) is 141 cm³/mol. The summed E-state index contributed by atoms with van der Waals surface area (Å²) in [4.78, 5) is 23.7. The minimum atomic E-state index is -0.338. The van der Waals surface area contributed by atoms with Crippen molar-refractivity contribution in [1.82, 2.24) is 24.6 Å². The summed E-state index contributed by atoms with van der Waals surface area (Å²) in [6.07, 6.45) is 7.28. The van der Waals surface area contributed by atoms with Gasteiger partial charge in [-0.1, -0.05) is 12.1 Å². The van der Waals surface area contributed by atoms with Gasteiger partial charge in [-0.05, 0) is 63.2 Å². The van der Waals surface area contributed by atoms with Gasteiger partial charge in [0.05, 0.1) is 28.8 Å². The highest BCUT2D eigenvalue weighted by Crippen LogP contribution is 2.35. The third kappa shape index (κ3) is 5.63. The summed E-state index contributed by atoms with van der Waals surface area (Å²) in [5.74, 6) is 0.207. The van der Waals surface area contributed by atoms with Crippen molar-refractivity contribution in [3.05, 3.63) is 77.5 Å². The van der Waals surface area contributed by atoms with Gasteiger partial charge in [0.1, 0.15) is 17.3 Å². The topological polar surface area (TPSA) is 83.8 Å². The molecule has 37 heavy (non-hydrogen) atoms. The van der Waals surface area contributed by atoms with Crippen LogP contribution in [0.15, 0.2) is 54.9 Å². The third-order valence-corrected chi connectivity index (χ3v) is 6.34. The minimum absolute atomic E-state index is 0.135. The van der Waals surface area contributed by atoms with Crippen molar-refractivity contribution >= 4 is 23.1 Å². The van der Waals surface area contributed by atoms with Crippen LogP contribution in [-0.4, -0.2) is 52.5 Å². The van der Waals surface area contributed by atoms with E-state index < -0.39 is 0 Å². The van der Waals surface area contributed by atoms with E-state index in [1.807, 2.05) is 53.7 Å². The monoisotopic (exact) mass is 502 g/mol. The van der Waals surface area contributed by atoms with Gasteiger partial charge in [0.2, 0.25) is 0 Å². The fourth-order valence-corrected chi connectivity index (χ4v) is 4.63. The lowest BCUT2D eigenvalue weighted by Gasteiger charge is -2.14. The molecule has 8 nitrogen and oxygen atoms in total. The summed E-state index contributed by atoms with van der Waals surface area (Å²) in [6.45, 7) is 3.14. The van der Waals surface area contributed by atoms with Crippen LogP contribution in [0.1, 0.15) is 40.9 Å². The lowest BCUT2D eigenvalue weighted by molar-refractivity contribution is 0.0964. The van der Waals surface area contributed by atoms with Gasteiger partial charge in [-0.3, -0.25) is 9.20 Å². The first-order valence-corrected chi connectivity index (χ1v) is 12.5. The Labute approximate surface area is 215 Å². The molecular formula is C28H31FN6O2. The lowest BCUT2D eigenvalue weighted by atomic mass is 9.99. The second-order valence-corrected chi connectivity index (χ2v) is 9.46. The van der Waals surface area contributed by atoms with Crippen LogP contribution in [0.25, 0.3) is 16.9 Å². The van der Waals surface area contributed by atoms with Crippen LogP contribution in [0.5, 0.6) is 0 Å². The van der Waals surface area contributed by atoms with Crippen LogP contribution in [0, 0.1) is 5.82 Å². The van der Waals surface area contributed by atoms with Crippen LogP contribution >= 0.6 is 0 Å². The molecule has 3 aromatic heterocycles. The van der Waals surface area contributed by atoms with E-state index in [9.17, 15) is 9.18 Å². The second-order valence-electron chi connectivity index (χ2n) is 9.46. The molecule has 0 bridgehead atoms. The van der Waals surface area contributed by atoms with Crippen molar-refractivity contribution in [3.63, 3.8) is 0 Å². The Balaban J connectivity index is 0.000000412. The highest BCUT2D eigenvalue weighted by atomic mass is 19.1. The Hall–Kier alpha value is -3.82. The van der Waals surface area contributed by atoms with Gasteiger partial charge < -0.3 is 20.3 Å². The number of rotatable bonds is 5. The molecule has 1 aromatic carbocycles. The zero-order valence-electron chi connectivity index (χ0n) is 21.1. The number of imidazole rings is 1. The van der Waals surface area contributed by atoms with E-state index in [0.717, 1.165) is 42.3 Å². The maximum atomic E-state index is 13.6. The van der Waals surface area contributed by atoms with Crippen LogP contribution in [0.4, 0.5) is 15.9 Å².